The molecule has 9 heteroatoms. The van der Waals surface area contributed by atoms with Gasteiger partial charge < -0.3 is 19.5 Å². The molecule has 0 aliphatic heterocycles. The molecule has 0 saturated heterocycles. The van der Waals surface area contributed by atoms with Gasteiger partial charge in [-0.3, -0.25) is 5.43 Å². The number of thiocarbonyl (C=S) groups is 1. The molecule has 0 aliphatic rings. The van der Waals surface area contributed by atoms with E-state index < -0.39 is 6.61 Å². The van der Waals surface area contributed by atoms with Gasteiger partial charge in [0.1, 0.15) is 0 Å². The molecular formula is C13H17F2N3O3S. The Hall–Kier alpha value is -2.00. The first kappa shape index (κ1) is 18.1. The minimum absolute atomic E-state index is 0.0423. The van der Waals surface area contributed by atoms with Crippen molar-refractivity contribution in [1.82, 2.24) is 10.7 Å². The summed E-state index contributed by atoms with van der Waals surface area (Å²) in [4.78, 5) is 0. The molecule has 1 rings (SSSR count). The van der Waals surface area contributed by atoms with Crippen LogP contribution in [-0.2, 0) is 4.74 Å². The van der Waals surface area contributed by atoms with Crippen molar-refractivity contribution in [1.29, 1.82) is 0 Å². The molecule has 1 aromatic carbocycles. The number of hydrazone groups is 1. The molecule has 0 amide bonds. The third kappa shape index (κ3) is 6.64. The highest BCUT2D eigenvalue weighted by Crippen LogP contribution is 2.28. The summed E-state index contributed by atoms with van der Waals surface area (Å²) < 4.78 is 38.6. The maximum absolute atomic E-state index is 12.2. The molecule has 0 fully saturated rings. The van der Waals surface area contributed by atoms with Crippen LogP contribution in [0.2, 0.25) is 0 Å². The van der Waals surface area contributed by atoms with Crippen LogP contribution in [0.5, 0.6) is 11.5 Å². The Morgan fingerprint density at radius 3 is 2.77 bits per heavy atom. The van der Waals surface area contributed by atoms with Crippen LogP contribution in [0.3, 0.4) is 0 Å². The van der Waals surface area contributed by atoms with Crippen LogP contribution >= 0.6 is 12.2 Å². The Morgan fingerprint density at radius 2 is 2.14 bits per heavy atom. The smallest absolute Gasteiger partial charge is 0.387 e. The number of nitrogens with zero attached hydrogens (tertiary/aromatic N) is 1. The molecular weight excluding hydrogens is 316 g/mol. The third-order valence-electron chi connectivity index (χ3n) is 2.38. The van der Waals surface area contributed by atoms with Crippen LogP contribution in [0.4, 0.5) is 8.78 Å². The largest absolute Gasteiger partial charge is 0.493 e. The summed E-state index contributed by atoms with van der Waals surface area (Å²) in [5, 5.41) is 7.14. The quantitative estimate of drug-likeness (QED) is 0.327. The zero-order valence-electron chi connectivity index (χ0n) is 12.1. The summed E-state index contributed by atoms with van der Waals surface area (Å²) in [6.45, 7) is -1.83. The SMILES string of the molecule is COCCNC(=S)NN=Cc1ccc(OC(F)F)c(OC)c1. The van der Waals surface area contributed by atoms with Gasteiger partial charge in [0.05, 0.1) is 19.9 Å². The molecule has 0 spiro atoms. The monoisotopic (exact) mass is 333 g/mol. The van der Waals surface area contributed by atoms with E-state index >= 15 is 0 Å². The summed E-state index contributed by atoms with van der Waals surface area (Å²) in [7, 11) is 2.95. The van der Waals surface area contributed by atoms with Gasteiger partial charge in [0.15, 0.2) is 16.6 Å². The molecule has 2 N–H and O–H groups in total. The number of ether oxygens (including phenoxy) is 3. The first-order chi connectivity index (χ1) is 10.6. The van der Waals surface area contributed by atoms with E-state index in [-0.39, 0.29) is 11.5 Å². The molecule has 6 nitrogen and oxygen atoms in total. The van der Waals surface area contributed by atoms with Crippen LogP contribution in [0.25, 0.3) is 0 Å². The van der Waals surface area contributed by atoms with E-state index in [1.165, 1.54) is 25.5 Å². The van der Waals surface area contributed by atoms with Crippen LogP contribution < -0.4 is 20.2 Å². The minimum atomic E-state index is -2.91. The summed E-state index contributed by atoms with van der Waals surface area (Å²) >= 11 is 4.98. The second-order valence-electron chi connectivity index (χ2n) is 3.91. The second kappa shape index (κ2) is 9.85. The first-order valence-electron chi connectivity index (χ1n) is 6.25. The molecule has 0 radical (unpaired) electrons. The topological polar surface area (TPSA) is 64.1 Å². The van der Waals surface area contributed by atoms with Gasteiger partial charge in [-0.05, 0) is 36.0 Å². The summed E-state index contributed by atoms with van der Waals surface area (Å²) in [5.74, 6) is 0.143. The Bertz CT molecular complexity index is 515. The fourth-order valence-corrected chi connectivity index (χ4v) is 1.58. The van der Waals surface area contributed by atoms with Gasteiger partial charge in [0.2, 0.25) is 0 Å². The van der Waals surface area contributed by atoms with Gasteiger partial charge in [-0.1, -0.05) is 0 Å². The molecule has 0 atom stereocenters. The Morgan fingerprint density at radius 1 is 1.36 bits per heavy atom. The average Bonchev–Trinajstić information content (AvgIpc) is 2.48. The summed E-state index contributed by atoms with van der Waals surface area (Å²) in [5.41, 5.74) is 3.25. The van der Waals surface area contributed by atoms with Crippen molar-refractivity contribution < 1.29 is 23.0 Å². The third-order valence-corrected chi connectivity index (χ3v) is 2.61. The lowest BCUT2D eigenvalue weighted by atomic mass is 10.2. The lowest BCUT2D eigenvalue weighted by Crippen LogP contribution is -2.34. The van der Waals surface area contributed by atoms with Crippen molar-refractivity contribution >= 4 is 23.5 Å². The van der Waals surface area contributed by atoms with Gasteiger partial charge in [-0.2, -0.15) is 13.9 Å². The number of halogens is 2. The van der Waals surface area contributed by atoms with E-state index in [4.69, 9.17) is 21.7 Å². The van der Waals surface area contributed by atoms with E-state index in [0.29, 0.717) is 23.8 Å². The second-order valence-corrected chi connectivity index (χ2v) is 4.32. The number of methoxy groups -OCH3 is 2. The van der Waals surface area contributed by atoms with Crippen molar-refractivity contribution in [2.75, 3.05) is 27.4 Å². The van der Waals surface area contributed by atoms with Gasteiger partial charge in [-0.15, -0.1) is 0 Å². The molecule has 122 valence electrons. The molecule has 0 heterocycles. The zero-order valence-corrected chi connectivity index (χ0v) is 13.0. The first-order valence-corrected chi connectivity index (χ1v) is 6.66. The van der Waals surface area contributed by atoms with Crippen molar-refractivity contribution in [3.05, 3.63) is 23.8 Å². The van der Waals surface area contributed by atoms with Crippen LogP contribution in [-0.4, -0.2) is 45.3 Å². The molecule has 0 saturated carbocycles. The average molecular weight is 333 g/mol. The van der Waals surface area contributed by atoms with Crippen molar-refractivity contribution in [3.8, 4) is 11.5 Å². The number of hydrogen-bond donors (Lipinski definition) is 2. The predicted octanol–water partition coefficient (Wildman–Crippen LogP) is 1.74. The van der Waals surface area contributed by atoms with Gasteiger partial charge in [-0.25, -0.2) is 0 Å². The molecule has 22 heavy (non-hydrogen) atoms. The Balaban J connectivity index is 2.58. The van der Waals surface area contributed by atoms with E-state index in [0.717, 1.165) is 0 Å². The highest BCUT2D eigenvalue weighted by molar-refractivity contribution is 7.80. The lowest BCUT2D eigenvalue weighted by molar-refractivity contribution is -0.0512. The summed E-state index contributed by atoms with van der Waals surface area (Å²) in [6, 6.07) is 4.46. The number of hydrogen-bond acceptors (Lipinski definition) is 5. The van der Waals surface area contributed by atoms with E-state index in [2.05, 4.69) is 20.6 Å². The number of benzene rings is 1. The molecule has 0 aromatic heterocycles. The fourth-order valence-electron chi connectivity index (χ4n) is 1.43. The standard InChI is InChI=1S/C13H17F2N3O3S/c1-19-6-5-16-13(22)18-17-8-9-3-4-10(21-12(14)15)11(7-9)20-2/h3-4,7-8,12H,5-6H2,1-2H3,(H2,16,18,22). The van der Waals surface area contributed by atoms with Gasteiger partial charge in [0, 0.05) is 13.7 Å². The van der Waals surface area contributed by atoms with E-state index in [9.17, 15) is 8.78 Å². The maximum atomic E-state index is 12.2. The van der Waals surface area contributed by atoms with Gasteiger partial charge >= 0.3 is 6.61 Å². The lowest BCUT2D eigenvalue weighted by Gasteiger charge is -2.10. The van der Waals surface area contributed by atoms with Crippen molar-refractivity contribution in [2.45, 2.75) is 6.61 Å². The highest BCUT2D eigenvalue weighted by Gasteiger charge is 2.10. The number of nitrogens with one attached hydrogen (secondary N) is 2. The van der Waals surface area contributed by atoms with Crippen molar-refractivity contribution in [3.63, 3.8) is 0 Å². The van der Waals surface area contributed by atoms with Crippen LogP contribution in [0, 0.1) is 0 Å². The Labute approximate surface area is 132 Å². The zero-order chi connectivity index (χ0) is 16.4. The van der Waals surface area contributed by atoms with Gasteiger partial charge in [0.25, 0.3) is 0 Å². The molecule has 0 unspecified atom stereocenters. The summed E-state index contributed by atoms with van der Waals surface area (Å²) in [6.07, 6.45) is 1.47. The maximum Gasteiger partial charge on any atom is 0.387 e. The highest BCUT2D eigenvalue weighted by atomic mass is 32.1. The normalized spacial score (nSPS) is 10.8. The van der Waals surface area contributed by atoms with Crippen molar-refractivity contribution in [2.24, 2.45) is 5.10 Å². The van der Waals surface area contributed by atoms with Crippen LogP contribution in [0.15, 0.2) is 23.3 Å². The molecule has 0 bridgehead atoms. The van der Waals surface area contributed by atoms with E-state index in [1.54, 1.807) is 13.2 Å². The predicted molar refractivity (Wildman–Crippen MR) is 82.8 cm³/mol. The fraction of sp³-hybridized carbons (Fsp3) is 0.385. The minimum Gasteiger partial charge on any atom is -0.493 e. The van der Waals surface area contributed by atoms with E-state index in [1.807, 2.05) is 0 Å². The number of rotatable bonds is 8. The molecule has 1 aromatic rings. The number of alkyl halides is 2. The molecule has 0 aliphatic carbocycles. The van der Waals surface area contributed by atoms with Crippen LogP contribution in [0.1, 0.15) is 5.56 Å². The Kier molecular flexibility index (Phi) is 8.08.